The van der Waals surface area contributed by atoms with Crippen LogP contribution in [-0.4, -0.2) is 16.9 Å². The first kappa shape index (κ1) is 21.6. The molecule has 0 radical (unpaired) electrons. The maximum atomic E-state index is 12.5. The zero-order chi connectivity index (χ0) is 24.2. The van der Waals surface area contributed by atoms with Crippen molar-refractivity contribution in [1.82, 2.24) is 4.98 Å². The molecule has 8 nitrogen and oxygen atoms in total. The first-order valence-electron chi connectivity index (χ1n) is 10.8. The minimum absolute atomic E-state index is 0.208. The zero-order valence-corrected chi connectivity index (χ0v) is 18.4. The standard InChI is InChI=1S/C27H20N6O2/c28-15-17-11-22(29-16-17)13-24-23-10-9-21(14-25(23)33-26(24)34)30-19-7-4-8-20(12-19)32-27(35)31-18-5-2-1-3-6-18/h1-14,16,29-30H,(H,33,34)(H2,31,32,35). The number of carbonyl (C=O) groups excluding carboxylic acids is 2. The number of fused-ring (bicyclic) bond motifs is 1. The summed E-state index contributed by atoms with van der Waals surface area (Å²) in [4.78, 5) is 27.8. The van der Waals surface area contributed by atoms with Gasteiger partial charge in [0.1, 0.15) is 6.07 Å². The van der Waals surface area contributed by atoms with Gasteiger partial charge in [-0.15, -0.1) is 0 Å². The van der Waals surface area contributed by atoms with Gasteiger partial charge in [-0.1, -0.05) is 30.3 Å². The Kier molecular flexibility index (Phi) is 5.72. The van der Waals surface area contributed by atoms with Crippen LogP contribution in [0.25, 0.3) is 11.6 Å². The highest BCUT2D eigenvalue weighted by molar-refractivity contribution is 6.35. The van der Waals surface area contributed by atoms with Crippen molar-refractivity contribution in [3.63, 3.8) is 0 Å². The molecule has 0 unspecified atom stereocenters. The van der Waals surface area contributed by atoms with Gasteiger partial charge in [-0.25, -0.2) is 4.79 Å². The van der Waals surface area contributed by atoms with E-state index in [2.05, 4.69) is 32.3 Å². The van der Waals surface area contributed by atoms with Gasteiger partial charge in [-0.05, 0) is 54.6 Å². The number of benzene rings is 3. The molecule has 1 aliphatic heterocycles. The summed E-state index contributed by atoms with van der Waals surface area (Å²) in [5.74, 6) is -0.208. The topological polar surface area (TPSA) is 122 Å². The van der Waals surface area contributed by atoms with Gasteiger partial charge in [0, 0.05) is 40.2 Å². The number of amides is 3. The largest absolute Gasteiger partial charge is 0.360 e. The van der Waals surface area contributed by atoms with Crippen molar-refractivity contribution in [2.45, 2.75) is 0 Å². The van der Waals surface area contributed by atoms with Crippen molar-refractivity contribution < 1.29 is 9.59 Å². The van der Waals surface area contributed by atoms with E-state index < -0.39 is 0 Å². The minimum atomic E-state index is -0.336. The molecule has 4 aromatic rings. The molecule has 1 aliphatic rings. The van der Waals surface area contributed by atoms with Crippen molar-refractivity contribution in [1.29, 1.82) is 5.26 Å². The summed E-state index contributed by atoms with van der Waals surface area (Å²) in [5.41, 5.74) is 6.07. The van der Waals surface area contributed by atoms with Crippen LogP contribution in [0.5, 0.6) is 0 Å². The van der Waals surface area contributed by atoms with Crippen LogP contribution in [-0.2, 0) is 4.79 Å². The van der Waals surface area contributed by atoms with Crippen LogP contribution in [0.1, 0.15) is 16.8 Å². The summed E-state index contributed by atoms with van der Waals surface area (Å²) in [6.07, 6.45) is 3.33. The molecule has 0 fully saturated rings. The number of rotatable bonds is 5. The number of urea groups is 1. The van der Waals surface area contributed by atoms with Crippen molar-refractivity contribution >= 4 is 52.0 Å². The Labute approximate surface area is 201 Å². The van der Waals surface area contributed by atoms with Gasteiger partial charge in [0.2, 0.25) is 0 Å². The molecule has 0 atom stereocenters. The summed E-state index contributed by atoms with van der Waals surface area (Å²) in [6, 6.07) is 25.6. The monoisotopic (exact) mass is 460 g/mol. The molecule has 0 saturated carbocycles. The molecule has 0 aliphatic carbocycles. The predicted molar refractivity (Wildman–Crippen MR) is 137 cm³/mol. The van der Waals surface area contributed by atoms with E-state index in [0.717, 1.165) is 16.9 Å². The Hall–Kier alpha value is -5.29. The van der Waals surface area contributed by atoms with Gasteiger partial charge < -0.3 is 26.3 Å². The fourth-order valence-corrected chi connectivity index (χ4v) is 3.79. The third-order valence-electron chi connectivity index (χ3n) is 5.38. The fraction of sp³-hybridized carbons (Fsp3) is 0. The molecule has 1 aromatic heterocycles. The van der Waals surface area contributed by atoms with Crippen LogP contribution in [0.15, 0.2) is 85.1 Å². The van der Waals surface area contributed by atoms with Crippen LogP contribution in [0.2, 0.25) is 0 Å². The highest BCUT2D eigenvalue weighted by Crippen LogP contribution is 2.35. The highest BCUT2D eigenvalue weighted by Gasteiger charge is 2.24. The lowest BCUT2D eigenvalue weighted by molar-refractivity contribution is -0.110. The average Bonchev–Trinajstić information content (AvgIpc) is 3.43. The van der Waals surface area contributed by atoms with E-state index in [1.165, 1.54) is 0 Å². The smallest absolute Gasteiger partial charge is 0.323 e. The lowest BCUT2D eigenvalue weighted by Crippen LogP contribution is -2.19. The van der Waals surface area contributed by atoms with E-state index >= 15 is 0 Å². The molecule has 8 heteroatoms. The van der Waals surface area contributed by atoms with Crippen molar-refractivity contribution in [2.24, 2.45) is 0 Å². The van der Waals surface area contributed by atoms with Gasteiger partial charge >= 0.3 is 6.03 Å². The van der Waals surface area contributed by atoms with E-state index in [1.807, 2.05) is 66.7 Å². The second-order valence-corrected chi connectivity index (χ2v) is 7.88. The number of carbonyl (C=O) groups is 2. The first-order chi connectivity index (χ1) is 17.1. The maximum absolute atomic E-state index is 12.5. The van der Waals surface area contributed by atoms with Crippen molar-refractivity contribution in [2.75, 3.05) is 21.3 Å². The number of aromatic nitrogens is 1. The first-order valence-corrected chi connectivity index (χ1v) is 10.8. The van der Waals surface area contributed by atoms with Gasteiger partial charge in [0.05, 0.1) is 16.8 Å². The van der Waals surface area contributed by atoms with Crippen LogP contribution < -0.4 is 21.3 Å². The van der Waals surface area contributed by atoms with Gasteiger partial charge in [-0.2, -0.15) is 5.26 Å². The normalized spacial score (nSPS) is 13.0. The molecule has 2 heterocycles. The summed E-state index contributed by atoms with van der Waals surface area (Å²) in [6.45, 7) is 0. The van der Waals surface area contributed by atoms with E-state index in [1.54, 1.807) is 24.4 Å². The number of aromatic amines is 1. The molecule has 0 bridgehead atoms. The number of hydrogen-bond acceptors (Lipinski definition) is 4. The third-order valence-corrected chi connectivity index (χ3v) is 5.38. The molecular formula is C27H20N6O2. The molecule has 5 N–H and O–H groups in total. The van der Waals surface area contributed by atoms with E-state index in [-0.39, 0.29) is 11.9 Å². The Morgan fingerprint density at radius 1 is 0.857 bits per heavy atom. The molecular weight excluding hydrogens is 440 g/mol. The highest BCUT2D eigenvalue weighted by atomic mass is 16.2. The molecule has 0 saturated heterocycles. The number of hydrogen-bond donors (Lipinski definition) is 5. The van der Waals surface area contributed by atoms with Gasteiger partial charge in [0.25, 0.3) is 5.91 Å². The summed E-state index contributed by atoms with van der Waals surface area (Å²) < 4.78 is 0. The quantitative estimate of drug-likeness (QED) is 0.243. The fourth-order valence-electron chi connectivity index (χ4n) is 3.79. The third kappa shape index (κ3) is 4.89. The Balaban J connectivity index is 1.29. The lowest BCUT2D eigenvalue weighted by Gasteiger charge is -2.11. The Morgan fingerprint density at radius 2 is 1.60 bits per heavy atom. The number of para-hydroxylation sites is 1. The minimum Gasteiger partial charge on any atom is -0.360 e. The van der Waals surface area contributed by atoms with Crippen molar-refractivity contribution in [3.05, 3.63) is 102 Å². The van der Waals surface area contributed by atoms with Crippen molar-refractivity contribution in [3.8, 4) is 6.07 Å². The average molecular weight is 460 g/mol. The van der Waals surface area contributed by atoms with Crippen LogP contribution in [0.4, 0.5) is 33.2 Å². The molecule has 0 spiro atoms. The lowest BCUT2D eigenvalue weighted by atomic mass is 10.1. The number of nitrogens with zero attached hydrogens (tertiary/aromatic N) is 1. The van der Waals surface area contributed by atoms with E-state index in [9.17, 15) is 9.59 Å². The van der Waals surface area contributed by atoms with Gasteiger partial charge in [-0.3, -0.25) is 4.79 Å². The summed E-state index contributed by atoms with van der Waals surface area (Å²) in [7, 11) is 0. The maximum Gasteiger partial charge on any atom is 0.323 e. The Bertz CT molecular complexity index is 1500. The number of H-pyrrole nitrogens is 1. The molecule has 5 rings (SSSR count). The second-order valence-electron chi connectivity index (χ2n) is 7.88. The SMILES string of the molecule is N#Cc1c[nH]c(C=C2C(=O)Nc3cc(Nc4cccc(NC(=O)Nc5ccccc5)c4)ccc32)c1. The number of nitrogens with one attached hydrogen (secondary N) is 5. The molecule has 35 heavy (non-hydrogen) atoms. The van der Waals surface area contributed by atoms with Crippen LogP contribution in [0, 0.1) is 11.3 Å². The number of anilines is 5. The van der Waals surface area contributed by atoms with E-state index in [0.29, 0.717) is 33.9 Å². The number of nitriles is 1. The zero-order valence-electron chi connectivity index (χ0n) is 18.4. The van der Waals surface area contributed by atoms with Crippen LogP contribution in [0.3, 0.4) is 0 Å². The Morgan fingerprint density at radius 3 is 2.40 bits per heavy atom. The van der Waals surface area contributed by atoms with E-state index in [4.69, 9.17) is 5.26 Å². The van der Waals surface area contributed by atoms with Gasteiger partial charge in [0.15, 0.2) is 0 Å². The summed E-state index contributed by atoms with van der Waals surface area (Å²) >= 11 is 0. The predicted octanol–water partition coefficient (Wildman–Crippen LogP) is 5.77. The van der Waals surface area contributed by atoms with Crippen LogP contribution >= 0.6 is 0 Å². The molecule has 3 aromatic carbocycles. The molecule has 170 valence electrons. The second kappa shape index (κ2) is 9.29. The summed E-state index contributed by atoms with van der Waals surface area (Å²) in [5, 5.41) is 20.8. The molecule has 3 amide bonds.